The molecule has 4 amide bonds. The number of halogens is 5. The van der Waals surface area contributed by atoms with Crippen molar-refractivity contribution >= 4 is 35.9 Å². The van der Waals surface area contributed by atoms with E-state index in [1.54, 1.807) is 152 Å². The standard InChI is InChI=1S/C69H64F5N5O13/c70-59-60(71)62(73)64(63(74)61(59)72)92-67(84)55(79-69(86)91-42-47-24-14-5-15-25-47)35-51-33-49(27-29-57(51)88-39-44-18-8-2-9-19-44)48-26-28-56(87-38-43-16-6-1-7-17-43)50(32-48)34-54(66(83)76-31-30-58(81)89-40-45-20-10-3-11-21-45)78-65(82)53(75)36-52(80)37-77-68(85)90-41-46-22-12-4-13-23-46/h1-29,32-33,52-55,80H,30-31,34-42,75H2,(H,76,83)(H,77,85)(H,78,82)(H,79,86)/t52-,53+,54+,55+/m1/s1. The third kappa shape index (κ3) is 20.2. The van der Waals surface area contributed by atoms with E-state index in [1.165, 1.54) is 12.1 Å². The molecule has 0 fully saturated rings. The SMILES string of the molecule is N[C@@H](C[C@@H](O)CNC(=O)OCc1ccccc1)C(=O)N[C@@H](Cc1cc(-c2ccc(OCc3ccccc3)c(C[C@H](NC(=O)OCc3ccccc3)C(=O)Oc3c(F)c(F)c(F)c(F)c3F)c2)ccc1OCc1ccccc1)C(=O)NCCC(=O)OCc1ccccc1. The molecule has 0 saturated heterocycles. The second kappa shape index (κ2) is 33.8. The fourth-order valence-corrected chi connectivity index (χ4v) is 9.14. The predicted octanol–water partition coefficient (Wildman–Crippen LogP) is 9.93. The van der Waals surface area contributed by atoms with E-state index in [0.29, 0.717) is 27.8 Å². The lowest BCUT2D eigenvalue weighted by Gasteiger charge is -2.23. The Labute approximate surface area is 525 Å². The van der Waals surface area contributed by atoms with Crippen molar-refractivity contribution in [3.63, 3.8) is 0 Å². The number of benzene rings is 8. The lowest BCUT2D eigenvalue weighted by Crippen LogP contribution is -2.53. The van der Waals surface area contributed by atoms with Gasteiger partial charge in [0.25, 0.3) is 0 Å². The predicted molar refractivity (Wildman–Crippen MR) is 325 cm³/mol. The Morgan fingerprint density at radius 1 is 0.457 bits per heavy atom. The molecule has 8 aromatic carbocycles. The third-order valence-corrected chi connectivity index (χ3v) is 14.0. The van der Waals surface area contributed by atoms with E-state index in [-0.39, 0.29) is 82.4 Å². The van der Waals surface area contributed by atoms with Crippen molar-refractivity contribution in [2.75, 3.05) is 13.1 Å². The molecule has 0 aliphatic carbocycles. The highest BCUT2D eigenvalue weighted by Gasteiger charge is 2.33. The Bertz CT molecular complexity index is 3760. The smallest absolute Gasteiger partial charge is 0.408 e. The number of nitrogens with two attached hydrogens (primary N) is 1. The zero-order chi connectivity index (χ0) is 65.4. The Hall–Kier alpha value is -10.7. The number of aliphatic hydroxyl groups is 1. The van der Waals surface area contributed by atoms with Gasteiger partial charge in [-0.15, -0.1) is 0 Å². The van der Waals surface area contributed by atoms with E-state index in [2.05, 4.69) is 21.3 Å². The van der Waals surface area contributed by atoms with Gasteiger partial charge in [-0.1, -0.05) is 164 Å². The largest absolute Gasteiger partial charge is 0.489 e. The van der Waals surface area contributed by atoms with Gasteiger partial charge in [0.05, 0.1) is 18.6 Å². The van der Waals surface area contributed by atoms with Crippen LogP contribution in [0.4, 0.5) is 31.5 Å². The average molecular weight is 1270 g/mol. The second-order valence-corrected chi connectivity index (χ2v) is 20.9. The summed E-state index contributed by atoms with van der Waals surface area (Å²) in [4.78, 5) is 81.4. The van der Waals surface area contributed by atoms with Crippen LogP contribution < -0.4 is 41.2 Å². The fraction of sp³-hybridized carbons (Fsp3) is 0.217. The highest BCUT2D eigenvalue weighted by Crippen LogP contribution is 2.34. The summed E-state index contributed by atoms with van der Waals surface area (Å²) in [5.41, 5.74) is 11.0. The summed E-state index contributed by atoms with van der Waals surface area (Å²) >= 11 is 0. The number of nitrogens with one attached hydrogen (secondary N) is 4. The van der Waals surface area contributed by atoms with Crippen molar-refractivity contribution in [3.8, 4) is 28.4 Å². The number of alkyl carbamates (subject to hydrolysis) is 2. The van der Waals surface area contributed by atoms with Crippen molar-refractivity contribution in [1.82, 2.24) is 21.3 Å². The van der Waals surface area contributed by atoms with Crippen LogP contribution in [0.15, 0.2) is 188 Å². The molecule has 0 radical (unpaired) electrons. The molecule has 0 heterocycles. The van der Waals surface area contributed by atoms with E-state index >= 15 is 8.78 Å². The van der Waals surface area contributed by atoms with Gasteiger partial charge in [0, 0.05) is 25.9 Å². The van der Waals surface area contributed by atoms with Crippen molar-refractivity contribution in [3.05, 3.63) is 256 Å². The first-order chi connectivity index (χ1) is 44.5. The molecule has 92 heavy (non-hydrogen) atoms. The third-order valence-electron chi connectivity index (χ3n) is 14.0. The molecule has 8 rings (SSSR count). The van der Waals surface area contributed by atoms with Crippen LogP contribution in [0.5, 0.6) is 17.2 Å². The van der Waals surface area contributed by atoms with Gasteiger partial charge >= 0.3 is 24.1 Å². The first-order valence-electron chi connectivity index (χ1n) is 28.9. The summed E-state index contributed by atoms with van der Waals surface area (Å²) in [5, 5.41) is 21.0. The molecule has 23 heteroatoms. The van der Waals surface area contributed by atoms with Crippen molar-refractivity contribution in [2.45, 2.75) is 82.9 Å². The highest BCUT2D eigenvalue weighted by atomic mass is 19.2. The normalized spacial score (nSPS) is 12.2. The first-order valence-corrected chi connectivity index (χ1v) is 28.9. The maximum atomic E-state index is 15.1. The minimum atomic E-state index is -2.51. The summed E-state index contributed by atoms with van der Waals surface area (Å²) in [6, 6.07) is 48.7. The molecular formula is C69H64F5N5O13. The van der Waals surface area contributed by atoms with Gasteiger partial charge < -0.3 is 60.5 Å². The van der Waals surface area contributed by atoms with Gasteiger partial charge in [0.1, 0.15) is 56.6 Å². The summed E-state index contributed by atoms with van der Waals surface area (Å²) in [6.07, 6.45) is -5.03. The molecule has 0 saturated carbocycles. The van der Waals surface area contributed by atoms with Crippen LogP contribution in [0.2, 0.25) is 0 Å². The summed E-state index contributed by atoms with van der Waals surface area (Å²) in [6.45, 7) is -0.991. The lowest BCUT2D eigenvalue weighted by atomic mass is 9.95. The number of carbonyl (C=O) groups is 6. The van der Waals surface area contributed by atoms with Crippen molar-refractivity contribution in [2.24, 2.45) is 5.73 Å². The molecule has 4 atom stereocenters. The molecule has 0 aliphatic heterocycles. The average Bonchev–Trinajstić information content (AvgIpc) is 0.827. The molecule has 8 aromatic rings. The highest BCUT2D eigenvalue weighted by molar-refractivity contribution is 5.90. The van der Waals surface area contributed by atoms with E-state index in [1.807, 2.05) is 24.3 Å². The monoisotopic (exact) mass is 1270 g/mol. The van der Waals surface area contributed by atoms with Crippen LogP contribution in [0.3, 0.4) is 0 Å². The van der Waals surface area contributed by atoms with Crippen LogP contribution in [0.1, 0.15) is 51.8 Å². The Balaban J connectivity index is 1.11. The number of hydrogen-bond donors (Lipinski definition) is 6. The number of amides is 4. The maximum Gasteiger partial charge on any atom is 0.408 e. The molecule has 7 N–H and O–H groups in total. The van der Waals surface area contributed by atoms with E-state index in [0.717, 1.165) is 16.7 Å². The van der Waals surface area contributed by atoms with E-state index in [4.69, 9.17) is 34.2 Å². The van der Waals surface area contributed by atoms with E-state index in [9.17, 15) is 47.0 Å². The minimum Gasteiger partial charge on any atom is -0.489 e. The van der Waals surface area contributed by atoms with Crippen LogP contribution in [0.25, 0.3) is 11.1 Å². The number of esters is 2. The molecule has 0 unspecified atom stereocenters. The van der Waals surface area contributed by atoms with Gasteiger partial charge in [0.2, 0.25) is 46.6 Å². The number of hydrogen-bond acceptors (Lipinski definition) is 14. The molecule has 0 aromatic heterocycles. The quantitative estimate of drug-likeness (QED) is 0.00612. The second-order valence-electron chi connectivity index (χ2n) is 20.9. The Morgan fingerprint density at radius 2 is 0.870 bits per heavy atom. The summed E-state index contributed by atoms with van der Waals surface area (Å²) < 4.78 is 107. The summed E-state index contributed by atoms with van der Waals surface area (Å²) in [5.74, 6) is -17.8. The van der Waals surface area contributed by atoms with E-state index < -0.39 is 101 Å². The minimum absolute atomic E-state index is 0.0219. The summed E-state index contributed by atoms with van der Waals surface area (Å²) in [7, 11) is 0. The van der Waals surface area contributed by atoms with Crippen molar-refractivity contribution < 1.29 is 84.2 Å². The Kier molecular flexibility index (Phi) is 24.7. The fourth-order valence-electron chi connectivity index (χ4n) is 9.14. The number of ether oxygens (including phenoxy) is 6. The van der Waals surface area contributed by atoms with Crippen LogP contribution in [0, 0.1) is 29.1 Å². The zero-order valence-electron chi connectivity index (χ0n) is 49.3. The molecule has 0 aliphatic rings. The lowest BCUT2D eigenvalue weighted by molar-refractivity contribution is -0.145. The van der Waals surface area contributed by atoms with Crippen LogP contribution in [-0.2, 0) is 79.3 Å². The number of carbonyl (C=O) groups excluding carboxylic acids is 6. The zero-order valence-corrected chi connectivity index (χ0v) is 49.3. The first kappa shape index (κ1) is 67.3. The number of aliphatic hydroxyl groups excluding tert-OH is 1. The molecule has 0 bridgehead atoms. The molecule has 478 valence electrons. The molecular weight excluding hydrogens is 1200 g/mol. The number of rotatable bonds is 30. The van der Waals surface area contributed by atoms with Gasteiger partial charge in [-0.3, -0.25) is 14.4 Å². The van der Waals surface area contributed by atoms with Gasteiger partial charge in [-0.05, 0) is 80.8 Å². The topological polar surface area (TPSA) is 252 Å². The molecule has 18 nitrogen and oxygen atoms in total. The van der Waals surface area contributed by atoms with Crippen molar-refractivity contribution in [1.29, 1.82) is 0 Å². The molecule has 0 spiro atoms. The van der Waals surface area contributed by atoms with Gasteiger partial charge in [-0.25, -0.2) is 27.6 Å². The maximum absolute atomic E-state index is 15.1. The van der Waals surface area contributed by atoms with Gasteiger partial charge in [0.15, 0.2) is 0 Å². The van der Waals surface area contributed by atoms with Crippen LogP contribution >= 0.6 is 0 Å². The van der Waals surface area contributed by atoms with Gasteiger partial charge in [-0.2, -0.15) is 8.78 Å². The Morgan fingerprint density at radius 3 is 1.34 bits per heavy atom. The van der Waals surface area contributed by atoms with Crippen LogP contribution in [-0.4, -0.2) is 78.4 Å².